The second-order valence-electron chi connectivity index (χ2n) is 11.0. The number of hydrogen-bond donors (Lipinski definition) is 6. The smallest absolute Gasteiger partial charge is 0.233 e. The summed E-state index contributed by atoms with van der Waals surface area (Å²) in [4.78, 5) is 15.0. The summed E-state index contributed by atoms with van der Waals surface area (Å²) in [6.45, 7) is -0.503. The quantitative estimate of drug-likeness (QED) is 0.200. The van der Waals surface area contributed by atoms with Gasteiger partial charge >= 0.3 is 0 Å². The first kappa shape index (κ1) is 30.1. The van der Waals surface area contributed by atoms with Crippen LogP contribution in [0.2, 0.25) is 0 Å². The van der Waals surface area contributed by atoms with Gasteiger partial charge < -0.3 is 40.3 Å². The van der Waals surface area contributed by atoms with Crippen LogP contribution in [0.15, 0.2) is 72.8 Å². The fourth-order valence-corrected chi connectivity index (χ4v) is 5.97. The summed E-state index contributed by atoms with van der Waals surface area (Å²) in [6, 6.07) is 19.4. The molecule has 2 aliphatic heterocycles. The van der Waals surface area contributed by atoms with Crippen molar-refractivity contribution in [2.45, 2.75) is 68.3 Å². The molecule has 8 atom stereocenters. The molecule has 6 N–H and O–H groups in total. The standard InChI is InChI=1S/C32H36FNO8/c33-20-10-8-19(9-11-20)24(36)14-13-23-28(34(32(23)41)21-4-2-1-3-5-21)22-12-6-18(16-25(22)37)7-15-26-29(38)31(40)30(39)27(17-35)42-26/h1-6,8-12,16,23-24,26-31,35-40H,7,13-15,17H2/t23-,24+,26+,27?,28-,29?,30+,31-/m1/s1. The fraction of sp³-hybridized carbons (Fsp3) is 0.406. The molecule has 2 heterocycles. The summed E-state index contributed by atoms with van der Waals surface area (Å²) in [6.07, 6.45) is -5.62. The largest absolute Gasteiger partial charge is 0.508 e. The second kappa shape index (κ2) is 12.9. The van der Waals surface area contributed by atoms with E-state index >= 15 is 0 Å². The summed E-state index contributed by atoms with van der Waals surface area (Å²) in [5, 5.41) is 61.6. The molecule has 10 heteroatoms. The Bertz CT molecular complexity index is 1350. The van der Waals surface area contributed by atoms with Crippen molar-refractivity contribution in [3.8, 4) is 5.75 Å². The number of carbonyl (C=O) groups excluding carboxylic acids is 1. The molecule has 0 bridgehead atoms. The minimum absolute atomic E-state index is 0.0104. The maximum atomic E-state index is 13.3. The van der Waals surface area contributed by atoms with Crippen LogP contribution in [0.25, 0.3) is 0 Å². The zero-order valence-electron chi connectivity index (χ0n) is 22.9. The number of aliphatic hydroxyl groups is 5. The Labute approximate surface area is 243 Å². The van der Waals surface area contributed by atoms with Gasteiger partial charge in [-0.2, -0.15) is 0 Å². The molecule has 1 amide bonds. The molecule has 0 aromatic heterocycles. The molecule has 224 valence electrons. The lowest BCUT2D eigenvalue weighted by Gasteiger charge is -2.48. The molecule has 3 aromatic carbocycles. The van der Waals surface area contributed by atoms with Crippen LogP contribution >= 0.6 is 0 Å². The van der Waals surface area contributed by atoms with Gasteiger partial charge in [-0.25, -0.2) is 4.39 Å². The summed E-state index contributed by atoms with van der Waals surface area (Å²) in [5.74, 6) is -1.02. The number of rotatable bonds is 10. The van der Waals surface area contributed by atoms with Crippen molar-refractivity contribution in [2.75, 3.05) is 11.5 Å². The monoisotopic (exact) mass is 581 g/mol. The number of phenols is 1. The number of phenolic OH excluding ortho intramolecular Hbond substituents is 1. The van der Waals surface area contributed by atoms with Crippen molar-refractivity contribution in [1.29, 1.82) is 0 Å². The third-order valence-corrected chi connectivity index (χ3v) is 8.38. The van der Waals surface area contributed by atoms with Gasteiger partial charge in [0.2, 0.25) is 5.91 Å². The van der Waals surface area contributed by atoms with E-state index in [-0.39, 0.29) is 24.5 Å². The van der Waals surface area contributed by atoms with Crippen LogP contribution in [0.4, 0.5) is 10.1 Å². The van der Waals surface area contributed by atoms with Gasteiger partial charge in [0.1, 0.15) is 36.0 Å². The number of nitrogens with zero attached hydrogens (tertiary/aromatic N) is 1. The van der Waals surface area contributed by atoms with Gasteiger partial charge in [-0.3, -0.25) is 4.79 Å². The highest BCUT2D eigenvalue weighted by molar-refractivity contribution is 6.03. The Balaban J connectivity index is 1.31. The van der Waals surface area contributed by atoms with Crippen LogP contribution in [0, 0.1) is 11.7 Å². The van der Waals surface area contributed by atoms with Gasteiger partial charge in [-0.05, 0) is 67.1 Å². The molecule has 2 fully saturated rings. The SMILES string of the molecule is O=C1[C@H](CC[C@H](O)c2ccc(F)cc2)[C@@H](c2ccc(CC[C@@H]3OC(CO)[C@H](O)[C@H](O)C3O)cc2O)N1c1ccccc1. The number of aromatic hydroxyl groups is 1. The maximum absolute atomic E-state index is 13.3. The number of hydrogen-bond acceptors (Lipinski definition) is 8. The molecular weight excluding hydrogens is 545 g/mol. The Morgan fingerprint density at radius 2 is 1.57 bits per heavy atom. The van der Waals surface area contributed by atoms with Gasteiger partial charge in [-0.1, -0.05) is 42.5 Å². The zero-order chi connectivity index (χ0) is 30.0. The number of halogens is 1. The zero-order valence-corrected chi connectivity index (χ0v) is 22.9. The number of carbonyl (C=O) groups is 1. The van der Waals surface area contributed by atoms with E-state index in [9.17, 15) is 39.8 Å². The summed E-state index contributed by atoms with van der Waals surface area (Å²) >= 11 is 0. The molecule has 2 saturated heterocycles. The Morgan fingerprint density at radius 3 is 2.24 bits per heavy atom. The van der Waals surface area contributed by atoms with E-state index in [2.05, 4.69) is 0 Å². The number of β-lactam (4-membered cyclic amide) rings is 1. The predicted molar refractivity (Wildman–Crippen MR) is 151 cm³/mol. The Hall–Kier alpha value is -3.38. The van der Waals surface area contributed by atoms with Gasteiger partial charge in [0.15, 0.2) is 0 Å². The Morgan fingerprint density at radius 1 is 0.881 bits per heavy atom. The van der Waals surface area contributed by atoms with E-state index < -0.39 is 61.0 Å². The molecule has 0 spiro atoms. The van der Waals surface area contributed by atoms with Gasteiger partial charge in [0.25, 0.3) is 0 Å². The van der Waals surface area contributed by atoms with Gasteiger partial charge in [0, 0.05) is 11.3 Å². The van der Waals surface area contributed by atoms with E-state index in [0.717, 1.165) is 5.56 Å². The molecule has 5 rings (SSSR count). The topological polar surface area (TPSA) is 151 Å². The number of amides is 1. The molecule has 0 saturated carbocycles. The molecule has 42 heavy (non-hydrogen) atoms. The van der Waals surface area contributed by atoms with E-state index in [4.69, 9.17) is 4.74 Å². The highest BCUT2D eigenvalue weighted by atomic mass is 19.1. The first-order valence-electron chi connectivity index (χ1n) is 14.1. The molecular formula is C32H36FNO8. The lowest BCUT2D eigenvalue weighted by atomic mass is 9.77. The van der Waals surface area contributed by atoms with E-state index in [0.29, 0.717) is 29.7 Å². The number of para-hydroxylation sites is 1. The van der Waals surface area contributed by atoms with Gasteiger partial charge in [-0.15, -0.1) is 0 Å². The minimum atomic E-state index is -1.45. The van der Waals surface area contributed by atoms with Gasteiger partial charge in [0.05, 0.1) is 30.8 Å². The van der Waals surface area contributed by atoms with Crippen molar-refractivity contribution in [2.24, 2.45) is 5.92 Å². The summed E-state index contributed by atoms with van der Waals surface area (Å²) in [5.41, 5.74) is 2.53. The fourth-order valence-electron chi connectivity index (χ4n) is 5.97. The number of anilines is 1. The predicted octanol–water partition coefficient (Wildman–Crippen LogP) is 2.52. The average molecular weight is 582 g/mol. The van der Waals surface area contributed by atoms with Crippen molar-refractivity contribution in [3.63, 3.8) is 0 Å². The molecule has 2 unspecified atom stereocenters. The van der Waals surface area contributed by atoms with E-state index in [1.165, 1.54) is 24.3 Å². The average Bonchev–Trinajstić information content (AvgIpc) is 2.99. The van der Waals surface area contributed by atoms with Crippen molar-refractivity contribution in [1.82, 2.24) is 0 Å². The number of aliphatic hydroxyl groups excluding tert-OH is 5. The Kier molecular flexibility index (Phi) is 9.22. The van der Waals surface area contributed by atoms with E-state index in [1.807, 2.05) is 36.4 Å². The first-order chi connectivity index (χ1) is 20.2. The summed E-state index contributed by atoms with van der Waals surface area (Å²) < 4.78 is 18.9. The highest BCUT2D eigenvalue weighted by Crippen LogP contribution is 2.48. The first-order valence-corrected chi connectivity index (χ1v) is 14.1. The lowest BCUT2D eigenvalue weighted by Crippen LogP contribution is -2.58. The van der Waals surface area contributed by atoms with Crippen LogP contribution in [-0.4, -0.2) is 73.7 Å². The molecule has 2 aliphatic rings. The highest BCUT2D eigenvalue weighted by Gasteiger charge is 2.49. The van der Waals surface area contributed by atoms with Crippen LogP contribution in [0.3, 0.4) is 0 Å². The van der Waals surface area contributed by atoms with Crippen LogP contribution in [0.5, 0.6) is 5.75 Å². The van der Waals surface area contributed by atoms with Crippen LogP contribution in [0.1, 0.15) is 48.1 Å². The molecule has 3 aromatic rings. The number of aryl methyl sites for hydroxylation is 1. The number of benzene rings is 3. The summed E-state index contributed by atoms with van der Waals surface area (Å²) in [7, 11) is 0. The van der Waals surface area contributed by atoms with Crippen molar-refractivity contribution in [3.05, 3.63) is 95.3 Å². The molecule has 0 radical (unpaired) electrons. The van der Waals surface area contributed by atoms with E-state index in [1.54, 1.807) is 17.0 Å². The lowest BCUT2D eigenvalue weighted by molar-refractivity contribution is -0.230. The van der Waals surface area contributed by atoms with Crippen molar-refractivity contribution >= 4 is 11.6 Å². The third-order valence-electron chi connectivity index (χ3n) is 8.38. The van der Waals surface area contributed by atoms with Crippen molar-refractivity contribution < 1.29 is 44.6 Å². The second-order valence-corrected chi connectivity index (χ2v) is 11.0. The minimum Gasteiger partial charge on any atom is -0.508 e. The maximum Gasteiger partial charge on any atom is 0.233 e. The van der Waals surface area contributed by atoms with Crippen LogP contribution < -0.4 is 4.90 Å². The third kappa shape index (κ3) is 6.05. The molecule has 0 aliphatic carbocycles. The van der Waals surface area contributed by atoms with Crippen LogP contribution in [-0.2, 0) is 16.0 Å². The molecule has 9 nitrogen and oxygen atoms in total. The normalized spacial score (nSPS) is 28.4. The number of ether oxygens (including phenoxy) is 1.